The molecule has 0 saturated carbocycles. The summed E-state index contributed by atoms with van der Waals surface area (Å²) in [5.41, 5.74) is 1.90. The van der Waals surface area contributed by atoms with E-state index in [0.29, 0.717) is 42.5 Å². The van der Waals surface area contributed by atoms with Crippen molar-refractivity contribution in [2.24, 2.45) is 5.10 Å². The number of nitrogens with zero attached hydrogens (tertiary/aromatic N) is 2. The molecule has 2 aromatic carbocycles. The first kappa shape index (κ1) is 18.0. The lowest BCUT2D eigenvalue weighted by molar-refractivity contribution is -0.119. The van der Waals surface area contributed by atoms with E-state index in [1.165, 1.54) is 5.01 Å². The molecule has 1 atom stereocenters. The molecule has 7 heteroatoms. The molecule has 0 fully saturated rings. The van der Waals surface area contributed by atoms with E-state index < -0.39 is 0 Å². The third-order valence-electron chi connectivity index (χ3n) is 4.71. The van der Waals surface area contributed by atoms with Gasteiger partial charge < -0.3 is 14.8 Å². The van der Waals surface area contributed by atoms with E-state index in [1.807, 2.05) is 43.3 Å². The van der Waals surface area contributed by atoms with Crippen LogP contribution < -0.4 is 19.8 Å². The van der Waals surface area contributed by atoms with E-state index in [4.69, 9.17) is 9.47 Å². The van der Waals surface area contributed by atoms with Crippen LogP contribution in [0.2, 0.25) is 0 Å². The third kappa shape index (κ3) is 3.69. The van der Waals surface area contributed by atoms with Crippen molar-refractivity contribution in [2.45, 2.75) is 25.8 Å². The van der Waals surface area contributed by atoms with Crippen molar-refractivity contribution in [2.75, 3.05) is 18.2 Å². The standard InChI is InChI=1S/C21H21N3O4/c1-14(15-7-9-18-19(13-15)28-12-11-27-18)22-21(26)17-8-10-20(25)24(23-17)16-5-3-2-4-6-16/h2-7,9,13-14H,8,10-12H2,1H3,(H,22,26). The van der Waals surface area contributed by atoms with Gasteiger partial charge in [0.15, 0.2) is 11.5 Å². The van der Waals surface area contributed by atoms with Crippen LogP contribution in [-0.2, 0) is 9.59 Å². The van der Waals surface area contributed by atoms with Crippen LogP contribution in [0.1, 0.15) is 31.4 Å². The molecule has 1 unspecified atom stereocenters. The highest BCUT2D eigenvalue weighted by Crippen LogP contribution is 2.32. The molecule has 0 aromatic heterocycles. The van der Waals surface area contributed by atoms with Gasteiger partial charge in [-0.2, -0.15) is 5.10 Å². The van der Waals surface area contributed by atoms with E-state index in [2.05, 4.69) is 10.4 Å². The Morgan fingerprint density at radius 1 is 1.07 bits per heavy atom. The number of ether oxygens (including phenoxy) is 2. The van der Waals surface area contributed by atoms with Crippen molar-refractivity contribution >= 4 is 23.2 Å². The smallest absolute Gasteiger partial charge is 0.267 e. The highest BCUT2D eigenvalue weighted by molar-refractivity contribution is 6.40. The van der Waals surface area contributed by atoms with Crippen LogP contribution in [0.25, 0.3) is 0 Å². The minimum atomic E-state index is -0.282. The van der Waals surface area contributed by atoms with Crippen LogP contribution in [0, 0.1) is 0 Å². The number of para-hydroxylation sites is 1. The molecule has 2 amide bonds. The second-order valence-electron chi connectivity index (χ2n) is 6.69. The van der Waals surface area contributed by atoms with Crippen LogP contribution in [0.3, 0.4) is 0 Å². The van der Waals surface area contributed by atoms with Crippen molar-refractivity contribution in [1.82, 2.24) is 5.32 Å². The molecular weight excluding hydrogens is 358 g/mol. The zero-order chi connectivity index (χ0) is 19.5. The SMILES string of the molecule is CC(NC(=O)C1=NN(c2ccccc2)C(=O)CC1)c1ccc2c(c1)OCCO2. The summed E-state index contributed by atoms with van der Waals surface area (Å²) in [5.74, 6) is 0.987. The molecule has 0 aliphatic carbocycles. The molecule has 0 spiro atoms. The molecular formula is C21H21N3O4. The van der Waals surface area contributed by atoms with Gasteiger partial charge in [0.25, 0.3) is 5.91 Å². The fraction of sp³-hybridized carbons (Fsp3) is 0.286. The number of anilines is 1. The van der Waals surface area contributed by atoms with Crippen LogP contribution in [0.15, 0.2) is 53.6 Å². The van der Waals surface area contributed by atoms with Crippen LogP contribution >= 0.6 is 0 Å². The topological polar surface area (TPSA) is 80.2 Å². The van der Waals surface area contributed by atoms with E-state index >= 15 is 0 Å². The zero-order valence-electron chi connectivity index (χ0n) is 15.6. The molecule has 1 N–H and O–H groups in total. The Labute approximate surface area is 162 Å². The normalized spacial score (nSPS) is 17.0. The van der Waals surface area contributed by atoms with Crippen LogP contribution in [0.4, 0.5) is 5.69 Å². The van der Waals surface area contributed by atoms with Gasteiger partial charge in [0, 0.05) is 12.8 Å². The number of fused-ring (bicyclic) bond motifs is 1. The van der Waals surface area contributed by atoms with Crippen molar-refractivity contribution < 1.29 is 19.1 Å². The number of hydrogen-bond acceptors (Lipinski definition) is 5. The lowest BCUT2D eigenvalue weighted by Gasteiger charge is -2.24. The number of carbonyl (C=O) groups is 2. The molecule has 0 bridgehead atoms. The minimum absolute atomic E-state index is 0.123. The predicted molar refractivity (Wildman–Crippen MR) is 105 cm³/mol. The van der Waals surface area contributed by atoms with Gasteiger partial charge in [-0.3, -0.25) is 9.59 Å². The highest BCUT2D eigenvalue weighted by atomic mass is 16.6. The molecule has 7 nitrogen and oxygen atoms in total. The Bertz CT molecular complexity index is 927. The number of rotatable bonds is 4. The molecule has 2 aromatic rings. The first-order chi connectivity index (χ1) is 13.6. The van der Waals surface area contributed by atoms with Crippen LogP contribution in [0.5, 0.6) is 11.5 Å². The Balaban J connectivity index is 1.49. The van der Waals surface area contributed by atoms with Gasteiger partial charge in [0.2, 0.25) is 5.91 Å². The maximum Gasteiger partial charge on any atom is 0.267 e. The molecule has 2 aliphatic heterocycles. The summed E-state index contributed by atoms with van der Waals surface area (Å²) in [6.45, 7) is 2.94. The van der Waals surface area contributed by atoms with E-state index in [-0.39, 0.29) is 24.3 Å². The highest BCUT2D eigenvalue weighted by Gasteiger charge is 2.26. The number of amides is 2. The number of hydrogen-bond donors (Lipinski definition) is 1. The number of benzene rings is 2. The summed E-state index contributed by atoms with van der Waals surface area (Å²) in [4.78, 5) is 24.9. The quantitative estimate of drug-likeness (QED) is 0.886. The number of hydrazone groups is 1. The average molecular weight is 379 g/mol. The summed E-state index contributed by atoms with van der Waals surface area (Å²) >= 11 is 0. The molecule has 2 aliphatic rings. The molecule has 2 heterocycles. The lowest BCUT2D eigenvalue weighted by Crippen LogP contribution is -2.39. The second-order valence-corrected chi connectivity index (χ2v) is 6.69. The summed E-state index contributed by atoms with van der Waals surface area (Å²) in [6.07, 6.45) is 0.571. The fourth-order valence-corrected chi connectivity index (χ4v) is 3.18. The maximum absolute atomic E-state index is 12.7. The summed E-state index contributed by atoms with van der Waals surface area (Å²) in [5, 5.41) is 8.55. The maximum atomic E-state index is 12.7. The van der Waals surface area contributed by atoms with Crippen LogP contribution in [-0.4, -0.2) is 30.7 Å². The summed E-state index contributed by atoms with van der Waals surface area (Å²) in [6, 6.07) is 14.5. The number of nitrogens with one attached hydrogen (secondary N) is 1. The van der Waals surface area contributed by atoms with E-state index in [0.717, 1.165) is 5.56 Å². The first-order valence-electron chi connectivity index (χ1n) is 9.28. The Hall–Kier alpha value is -3.35. The van der Waals surface area contributed by atoms with Crippen molar-refractivity contribution in [3.05, 3.63) is 54.1 Å². The van der Waals surface area contributed by atoms with Gasteiger partial charge in [-0.1, -0.05) is 24.3 Å². The van der Waals surface area contributed by atoms with E-state index in [9.17, 15) is 9.59 Å². The van der Waals surface area contributed by atoms with Crippen molar-refractivity contribution in [3.63, 3.8) is 0 Å². The number of carbonyl (C=O) groups excluding carboxylic acids is 2. The third-order valence-corrected chi connectivity index (χ3v) is 4.71. The van der Waals surface area contributed by atoms with Gasteiger partial charge in [-0.05, 0) is 36.8 Å². The first-order valence-corrected chi connectivity index (χ1v) is 9.28. The summed E-state index contributed by atoms with van der Waals surface area (Å²) in [7, 11) is 0. The van der Waals surface area contributed by atoms with E-state index in [1.54, 1.807) is 12.1 Å². The van der Waals surface area contributed by atoms with Crippen molar-refractivity contribution in [1.29, 1.82) is 0 Å². The van der Waals surface area contributed by atoms with Gasteiger partial charge in [-0.15, -0.1) is 0 Å². The predicted octanol–water partition coefficient (Wildman–Crippen LogP) is 2.82. The zero-order valence-corrected chi connectivity index (χ0v) is 15.6. The van der Waals surface area contributed by atoms with Gasteiger partial charge in [0.1, 0.15) is 18.9 Å². The molecule has 28 heavy (non-hydrogen) atoms. The molecule has 0 radical (unpaired) electrons. The summed E-state index contributed by atoms with van der Waals surface area (Å²) < 4.78 is 11.1. The second kappa shape index (κ2) is 7.72. The fourth-order valence-electron chi connectivity index (χ4n) is 3.18. The van der Waals surface area contributed by atoms with Gasteiger partial charge in [0.05, 0.1) is 11.7 Å². The minimum Gasteiger partial charge on any atom is -0.486 e. The molecule has 4 rings (SSSR count). The monoisotopic (exact) mass is 379 g/mol. The van der Waals surface area contributed by atoms with Gasteiger partial charge >= 0.3 is 0 Å². The Morgan fingerprint density at radius 2 is 1.82 bits per heavy atom. The molecule has 0 saturated heterocycles. The van der Waals surface area contributed by atoms with Gasteiger partial charge in [-0.25, -0.2) is 5.01 Å². The average Bonchev–Trinajstić information content (AvgIpc) is 2.74. The largest absolute Gasteiger partial charge is 0.486 e. The lowest BCUT2D eigenvalue weighted by atomic mass is 10.1. The Kier molecular flexibility index (Phi) is 4.97. The Morgan fingerprint density at radius 3 is 2.61 bits per heavy atom. The molecule has 144 valence electrons. The van der Waals surface area contributed by atoms with Crippen molar-refractivity contribution in [3.8, 4) is 11.5 Å².